The van der Waals surface area contributed by atoms with Crippen LogP contribution in [0.2, 0.25) is 5.02 Å². The van der Waals surface area contributed by atoms with Crippen LogP contribution >= 0.6 is 11.6 Å². The summed E-state index contributed by atoms with van der Waals surface area (Å²) in [4.78, 5) is 21.5. The number of hydrogen-bond acceptors (Lipinski definition) is 9. The topological polar surface area (TPSA) is 109 Å². The van der Waals surface area contributed by atoms with Gasteiger partial charge in [-0.2, -0.15) is 0 Å². The summed E-state index contributed by atoms with van der Waals surface area (Å²) in [5, 5.41) is 17.0. The van der Waals surface area contributed by atoms with Gasteiger partial charge in [0.2, 0.25) is 11.6 Å². The van der Waals surface area contributed by atoms with Gasteiger partial charge in [-0.3, -0.25) is 15.5 Å². The van der Waals surface area contributed by atoms with Crippen molar-refractivity contribution in [3.63, 3.8) is 0 Å². The minimum absolute atomic E-state index is 0.0483. The lowest BCUT2D eigenvalue weighted by atomic mass is 10.3. The van der Waals surface area contributed by atoms with Gasteiger partial charge >= 0.3 is 5.69 Å². The summed E-state index contributed by atoms with van der Waals surface area (Å²) < 4.78 is 5.27. The molecule has 0 radical (unpaired) electrons. The van der Waals surface area contributed by atoms with Crippen LogP contribution in [0.1, 0.15) is 0 Å². The first-order valence-corrected chi connectivity index (χ1v) is 8.66. The Balaban J connectivity index is 1.90. The predicted octanol–water partition coefficient (Wildman–Crippen LogP) is 2.36. The van der Waals surface area contributed by atoms with E-state index in [1.54, 1.807) is 18.2 Å². The average molecular weight is 394 g/mol. The van der Waals surface area contributed by atoms with Crippen molar-refractivity contribution in [1.29, 1.82) is 0 Å². The van der Waals surface area contributed by atoms with Crippen LogP contribution < -0.4 is 15.5 Å². The maximum absolute atomic E-state index is 11.7. The lowest BCUT2D eigenvalue weighted by Crippen LogP contribution is -2.47. The number of nitrogens with one attached hydrogen (secondary N) is 2. The number of ether oxygens (including phenoxy) is 1. The van der Waals surface area contributed by atoms with E-state index in [0.29, 0.717) is 16.5 Å². The Morgan fingerprint density at radius 3 is 2.59 bits per heavy atom. The molecule has 0 bridgehead atoms. The number of methoxy groups -OCH3 is 1. The van der Waals surface area contributed by atoms with Crippen LogP contribution in [0.25, 0.3) is 0 Å². The molecule has 1 aromatic heterocycles. The molecule has 144 valence electrons. The zero-order chi connectivity index (χ0) is 19.4. The number of nitro groups is 1. The Morgan fingerprint density at radius 1 is 1.22 bits per heavy atom. The normalized spacial score (nSPS) is 15.4. The molecule has 1 fully saturated rings. The number of halogens is 1. The molecule has 0 spiro atoms. The summed E-state index contributed by atoms with van der Waals surface area (Å²) >= 11 is 6.03. The molecule has 1 saturated heterocycles. The van der Waals surface area contributed by atoms with Crippen molar-refractivity contribution in [3.8, 4) is 5.75 Å². The van der Waals surface area contributed by atoms with E-state index in [2.05, 4.69) is 25.6 Å². The summed E-state index contributed by atoms with van der Waals surface area (Å²) in [6.07, 6.45) is 1.27. The van der Waals surface area contributed by atoms with Gasteiger partial charge in [-0.1, -0.05) is 11.6 Å². The summed E-state index contributed by atoms with van der Waals surface area (Å²) in [7, 11) is 3.54. The summed E-state index contributed by atoms with van der Waals surface area (Å²) in [5.41, 5.74) is 3.25. The van der Waals surface area contributed by atoms with Crippen LogP contribution in [0.4, 0.5) is 23.0 Å². The molecular formula is C16H20ClN7O3. The number of likely N-dealkylation sites (N-methyl/N-ethyl adjacent to an activating group) is 1. The Hall–Kier alpha value is -2.69. The molecule has 2 aromatic rings. The number of rotatable bonds is 6. The van der Waals surface area contributed by atoms with E-state index in [0.717, 1.165) is 26.2 Å². The molecule has 0 amide bonds. The summed E-state index contributed by atoms with van der Waals surface area (Å²) in [5.74, 6) is 0.663. The second-order valence-electron chi connectivity index (χ2n) is 6.05. The van der Waals surface area contributed by atoms with Gasteiger partial charge in [0.1, 0.15) is 12.1 Å². The minimum Gasteiger partial charge on any atom is -0.495 e. The lowest BCUT2D eigenvalue weighted by molar-refractivity contribution is -0.383. The van der Waals surface area contributed by atoms with Crippen LogP contribution in [-0.2, 0) is 0 Å². The van der Waals surface area contributed by atoms with Gasteiger partial charge in [0, 0.05) is 31.2 Å². The molecule has 0 unspecified atom stereocenters. The highest BCUT2D eigenvalue weighted by Crippen LogP contribution is 2.35. The molecule has 0 atom stereocenters. The fourth-order valence-corrected chi connectivity index (χ4v) is 2.87. The first kappa shape index (κ1) is 19.1. The highest BCUT2D eigenvalue weighted by atomic mass is 35.5. The maximum Gasteiger partial charge on any atom is 0.354 e. The first-order chi connectivity index (χ1) is 13.0. The quantitative estimate of drug-likeness (QED) is 0.564. The maximum atomic E-state index is 11.7. The van der Waals surface area contributed by atoms with Crippen LogP contribution in [0.5, 0.6) is 5.75 Å². The van der Waals surface area contributed by atoms with E-state index < -0.39 is 4.92 Å². The van der Waals surface area contributed by atoms with Crippen LogP contribution in [0, 0.1) is 10.1 Å². The fourth-order valence-electron chi connectivity index (χ4n) is 2.70. The van der Waals surface area contributed by atoms with Gasteiger partial charge in [-0.25, -0.2) is 15.0 Å². The molecule has 3 rings (SSSR count). The van der Waals surface area contributed by atoms with Gasteiger partial charge < -0.3 is 15.0 Å². The van der Waals surface area contributed by atoms with Crippen molar-refractivity contribution in [2.24, 2.45) is 0 Å². The average Bonchev–Trinajstić information content (AvgIpc) is 2.64. The second kappa shape index (κ2) is 8.33. The summed E-state index contributed by atoms with van der Waals surface area (Å²) in [6.45, 7) is 3.17. The molecule has 27 heavy (non-hydrogen) atoms. The molecule has 0 saturated carbocycles. The van der Waals surface area contributed by atoms with E-state index in [1.165, 1.54) is 13.4 Å². The van der Waals surface area contributed by atoms with E-state index in [-0.39, 0.29) is 17.3 Å². The number of hydrogen-bond donors (Lipinski definition) is 2. The third-order valence-electron chi connectivity index (χ3n) is 4.19. The monoisotopic (exact) mass is 393 g/mol. The Kier molecular flexibility index (Phi) is 5.89. The number of piperazine rings is 1. The Morgan fingerprint density at radius 2 is 1.93 bits per heavy atom. The highest BCUT2D eigenvalue weighted by molar-refractivity contribution is 6.31. The van der Waals surface area contributed by atoms with Crippen molar-refractivity contribution in [3.05, 3.63) is 39.7 Å². The van der Waals surface area contributed by atoms with E-state index in [4.69, 9.17) is 16.3 Å². The van der Waals surface area contributed by atoms with Crippen molar-refractivity contribution < 1.29 is 9.66 Å². The fraction of sp³-hybridized carbons (Fsp3) is 0.375. The first-order valence-electron chi connectivity index (χ1n) is 8.28. The minimum atomic E-state index is -0.516. The predicted molar refractivity (Wildman–Crippen MR) is 103 cm³/mol. The van der Waals surface area contributed by atoms with Crippen LogP contribution in [0.3, 0.4) is 0 Å². The van der Waals surface area contributed by atoms with Crippen LogP contribution in [0.15, 0.2) is 24.5 Å². The Bertz CT molecular complexity index is 828. The number of aromatic nitrogens is 2. The van der Waals surface area contributed by atoms with E-state index >= 15 is 0 Å². The molecule has 1 aliphatic heterocycles. The molecule has 2 heterocycles. The number of nitrogens with zero attached hydrogens (tertiary/aromatic N) is 5. The second-order valence-corrected chi connectivity index (χ2v) is 6.48. The highest BCUT2D eigenvalue weighted by Gasteiger charge is 2.26. The molecule has 11 heteroatoms. The molecule has 2 N–H and O–H groups in total. The molecule has 1 aromatic carbocycles. The standard InChI is InChI=1S/C16H20ClN7O3/c1-22-5-7-23(8-6-22)21-16-14(24(25)26)15(18-10-19-16)20-12-9-11(17)3-4-13(12)27-2/h3-4,9-10H,5-8H2,1-2H3,(H2,18,19,20,21). The molecular weight excluding hydrogens is 374 g/mol. The van der Waals surface area contributed by atoms with Gasteiger partial charge in [0.25, 0.3) is 0 Å². The van der Waals surface area contributed by atoms with Gasteiger partial charge in [0.15, 0.2) is 0 Å². The third-order valence-corrected chi connectivity index (χ3v) is 4.42. The van der Waals surface area contributed by atoms with Crippen LogP contribution in [-0.4, -0.2) is 65.1 Å². The van der Waals surface area contributed by atoms with Crippen molar-refractivity contribution in [2.45, 2.75) is 0 Å². The van der Waals surface area contributed by atoms with Crippen molar-refractivity contribution in [1.82, 2.24) is 19.9 Å². The van der Waals surface area contributed by atoms with Gasteiger partial charge in [-0.05, 0) is 25.2 Å². The van der Waals surface area contributed by atoms with E-state index in [9.17, 15) is 10.1 Å². The smallest absolute Gasteiger partial charge is 0.354 e. The number of hydrazine groups is 1. The zero-order valence-electron chi connectivity index (χ0n) is 15.0. The lowest BCUT2D eigenvalue weighted by Gasteiger charge is -2.32. The molecule has 1 aliphatic rings. The Labute approximate surface area is 161 Å². The third kappa shape index (κ3) is 4.54. The summed E-state index contributed by atoms with van der Waals surface area (Å²) in [6, 6.07) is 4.95. The number of anilines is 3. The molecule has 10 nitrogen and oxygen atoms in total. The van der Waals surface area contributed by atoms with E-state index in [1.807, 2.05) is 12.1 Å². The largest absolute Gasteiger partial charge is 0.495 e. The van der Waals surface area contributed by atoms with Crippen molar-refractivity contribution >= 4 is 34.6 Å². The van der Waals surface area contributed by atoms with Gasteiger partial charge in [-0.15, -0.1) is 0 Å². The SMILES string of the molecule is COc1ccc(Cl)cc1Nc1ncnc(NN2CCN(C)CC2)c1[N+](=O)[O-]. The zero-order valence-corrected chi connectivity index (χ0v) is 15.7. The van der Waals surface area contributed by atoms with Crippen molar-refractivity contribution in [2.75, 3.05) is 51.1 Å². The number of benzene rings is 1. The molecule has 0 aliphatic carbocycles. The van der Waals surface area contributed by atoms with Gasteiger partial charge in [0.05, 0.1) is 17.7 Å².